The molecule has 0 aromatic heterocycles. The van der Waals surface area contributed by atoms with Gasteiger partial charge in [-0.05, 0) is 36.2 Å². The smallest absolute Gasteiger partial charge is 0.317 e. The van der Waals surface area contributed by atoms with Crippen molar-refractivity contribution < 1.29 is 22.7 Å². The molecular formula is C21H26ClN3O5S. The molecular weight excluding hydrogens is 442 g/mol. The molecule has 0 atom stereocenters. The van der Waals surface area contributed by atoms with Crippen LogP contribution in [-0.2, 0) is 16.4 Å². The van der Waals surface area contributed by atoms with Gasteiger partial charge in [0.1, 0.15) is 16.4 Å². The van der Waals surface area contributed by atoms with Gasteiger partial charge in [0.15, 0.2) is 0 Å². The number of halogens is 1. The van der Waals surface area contributed by atoms with E-state index in [1.807, 2.05) is 18.2 Å². The summed E-state index contributed by atoms with van der Waals surface area (Å²) >= 11 is 5.97. The Morgan fingerprint density at radius 3 is 2.45 bits per heavy atom. The molecule has 0 radical (unpaired) electrons. The summed E-state index contributed by atoms with van der Waals surface area (Å²) in [5.74, 6) is 0.680. The van der Waals surface area contributed by atoms with Crippen LogP contribution in [0.1, 0.15) is 5.56 Å². The molecule has 10 heteroatoms. The number of benzene rings is 2. The molecule has 3 rings (SSSR count). The lowest BCUT2D eigenvalue weighted by atomic mass is 10.1. The zero-order valence-corrected chi connectivity index (χ0v) is 19.1. The van der Waals surface area contributed by atoms with E-state index in [1.165, 1.54) is 24.6 Å². The van der Waals surface area contributed by atoms with Gasteiger partial charge in [0.05, 0.1) is 14.2 Å². The standard InChI is InChI=1S/C21H26ClN3O5S/c1-29-18-6-7-19(30-2)20(15-18)31(27,28)25-12-10-24(11-13-25)21(26)23-9-8-16-4-3-5-17(22)14-16/h3-7,14-15H,8-13H2,1-2H3,(H,23,26). The quantitative estimate of drug-likeness (QED) is 0.676. The molecule has 168 valence electrons. The van der Waals surface area contributed by atoms with Crippen molar-refractivity contribution >= 4 is 27.7 Å². The maximum atomic E-state index is 13.1. The van der Waals surface area contributed by atoms with Crippen LogP contribution in [-0.4, -0.2) is 70.6 Å². The number of amides is 2. The van der Waals surface area contributed by atoms with E-state index in [0.29, 0.717) is 36.8 Å². The summed E-state index contributed by atoms with van der Waals surface area (Å²) in [5, 5.41) is 3.54. The van der Waals surface area contributed by atoms with Gasteiger partial charge >= 0.3 is 6.03 Å². The minimum absolute atomic E-state index is 0.0498. The Kier molecular flexibility index (Phi) is 7.64. The van der Waals surface area contributed by atoms with Gasteiger partial charge in [-0.1, -0.05) is 23.7 Å². The Bertz CT molecular complexity index is 1020. The normalized spacial score (nSPS) is 14.9. The number of nitrogens with one attached hydrogen (secondary N) is 1. The van der Waals surface area contributed by atoms with Gasteiger partial charge < -0.3 is 19.7 Å². The molecule has 1 heterocycles. The highest BCUT2D eigenvalue weighted by atomic mass is 35.5. The number of rotatable bonds is 7. The molecule has 0 spiro atoms. The topological polar surface area (TPSA) is 88.2 Å². The second-order valence-electron chi connectivity index (χ2n) is 7.02. The van der Waals surface area contributed by atoms with Gasteiger partial charge in [-0.3, -0.25) is 0 Å². The van der Waals surface area contributed by atoms with Crippen molar-refractivity contribution in [1.29, 1.82) is 0 Å². The maximum absolute atomic E-state index is 13.1. The molecule has 1 aliphatic heterocycles. The van der Waals surface area contributed by atoms with Crippen molar-refractivity contribution in [2.24, 2.45) is 0 Å². The van der Waals surface area contributed by atoms with Crippen LogP contribution in [0, 0.1) is 0 Å². The molecule has 0 saturated carbocycles. The molecule has 1 N–H and O–H groups in total. The average Bonchev–Trinajstić information content (AvgIpc) is 2.78. The Morgan fingerprint density at radius 1 is 1.06 bits per heavy atom. The Labute approximate surface area is 187 Å². The Balaban J connectivity index is 1.56. The molecule has 1 fully saturated rings. The summed E-state index contributed by atoms with van der Waals surface area (Å²) in [4.78, 5) is 14.1. The summed E-state index contributed by atoms with van der Waals surface area (Å²) in [5.41, 5.74) is 1.04. The molecule has 0 bridgehead atoms. The Hall–Kier alpha value is -2.49. The molecule has 0 aliphatic carbocycles. The predicted molar refractivity (Wildman–Crippen MR) is 118 cm³/mol. The summed E-state index contributed by atoms with van der Waals surface area (Å²) in [7, 11) is -0.889. The summed E-state index contributed by atoms with van der Waals surface area (Å²) in [6.07, 6.45) is 0.663. The van der Waals surface area contributed by atoms with Gasteiger partial charge in [0, 0.05) is 43.8 Å². The first-order chi connectivity index (χ1) is 14.8. The summed E-state index contributed by atoms with van der Waals surface area (Å²) in [6, 6.07) is 11.9. The van der Waals surface area contributed by atoms with Crippen molar-refractivity contribution in [3.63, 3.8) is 0 Å². The molecule has 31 heavy (non-hydrogen) atoms. The van der Waals surface area contributed by atoms with Crippen LogP contribution >= 0.6 is 11.6 Å². The molecule has 2 aromatic rings. The predicted octanol–water partition coefficient (Wildman–Crippen LogP) is 2.62. The van der Waals surface area contributed by atoms with E-state index < -0.39 is 10.0 Å². The SMILES string of the molecule is COc1ccc(OC)c(S(=O)(=O)N2CCN(C(=O)NCCc3cccc(Cl)c3)CC2)c1. The maximum Gasteiger partial charge on any atom is 0.317 e. The second-order valence-corrected chi connectivity index (χ2v) is 9.36. The minimum Gasteiger partial charge on any atom is -0.497 e. The van der Waals surface area contributed by atoms with Crippen LogP contribution in [0.2, 0.25) is 5.02 Å². The highest BCUT2D eigenvalue weighted by molar-refractivity contribution is 7.89. The van der Waals surface area contributed by atoms with Crippen molar-refractivity contribution in [3.05, 3.63) is 53.1 Å². The number of carbonyl (C=O) groups excluding carboxylic acids is 1. The van der Waals surface area contributed by atoms with Gasteiger partial charge in [0.2, 0.25) is 10.0 Å². The van der Waals surface area contributed by atoms with Gasteiger partial charge in [0.25, 0.3) is 0 Å². The number of urea groups is 1. The van der Waals surface area contributed by atoms with Crippen molar-refractivity contribution in [2.75, 3.05) is 46.9 Å². The molecule has 0 unspecified atom stereocenters. The summed E-state index contributed by atoms with van der Waals surface area (Å²) in [6.45, 7) is 1.47. The average molecular weight is 468 g/mol. The van der Waals surface area contributed by atoms with Crippen LogP contribution in [0.15, 0.2) is 47.4 Å². The molecule has 2 aromatic carbocycles. The van der Waals surface area contributed by atoms with E-state index >= 15 is 0 Å². The first-order valence-corrected chi connectivity index (χ1v) is 11.7. The van der Waals surface area contributed by atoms with E-state index in [9.17, 15) is 13.2 Å². The molecule has 2 amide bonds. The van der Waals surface area contributed by atoms with E-state index in [4.69, 9.17) is 21.1 Å². The molecule has 8 nitrogen and oxygen atoms in total. The van der Waals surface area contributed by atoms with Gasteiger partial charge in [-0.2, -0.15) is 4.31 Å². The highest BCUT2D eigenvalue weighted by Crippen LogP contribution is 2.31. The largest absolute Gasteiger partial charge is 0.497 e. The molecule has 1 saturated heterocycles. The zero-order valence-electron chi connectivity index (χ0n) is 17.5. The van der Waals surface area contributed by atoms with E-state index in [1.54, 1.807) is 23.1 Å². The van der Waals surface area contributed by atoms with Crippen LogP contribution in [0.3, 0.4) is 0 Å². The number of ether oxygens (including phenoxy) is 2. The van der Waals surface area contributed by atoms with Crippen molar-refractivity contribution in [1.82, 2.24) is 14.5 Å². The van der Waals surface area contributed by atoms with E-state index in [2.05, 4.69) is 5.32 Å². The summed E-state index contributed by atoms with van der Waals surface area (Å²) < 4.78 is 38.0. The van der Waals surface area contributed by atoms with Crippen LogP contribution in [0.25, 0.3) is 0 Å². The third-order valence-corrected chi connectivity index (χ3v) is 7.25. The van der Waals surface area contributed by atoms with E-state index in [0.717, 1.165) is 5.56 Å². The molecule has 1 aliphatic rings. The lowest BCUT2D eigenvalue weighted by molar-refractivity contribution is 0.172. The van der Waals surface area contributed by atoms with Crippen LogP contribution in [0.5, 0.6) is 11.5 Å². The lowest BCUT2D eigenvalue weighted by Gasteiger charge is -2.34. The first kappa shape index (κ1) is 23.2. The van der Waals surface area contributed by atoms with Crippen molar-refractivity contribution in [2.45, 2.75) is 11.3 Å². The van der Waals surface area contributed by atoms with E-state index in [-0.39, 0.29) is 29.8 Å². The second kappa shape index (κ2) is 10.2. The lowest BCUT2D eigenvalue weighted by Crippen LogP contribution is -2.53. The number of methoxy groups -OCH3 is 2. The minimum atomic E-state index is -3.79. The monoisotopic (exact) mass is 467 g/mol. The number of carbonyl (C=O) groups is 1. The number of piperazine rings is 1. The highest BCUT2D eigenvalue weighted by Gasteiger charge is 2.32. The Morgan fingerprint density at radius 2 is 1.81 bits per heavy atom. The van der Waals surface area contributed by atoms with Gasteiger partial charge in [-0.25, -0.2) is 13.2 Å². The first-order valence-electron chi connectivity index (χ1n) is 9.84. The third-order valence-electron chi connectivity index (χ3n) is 5.09. The number of sulfonamides is 1. The van der Waals surface area contributed by atoms with Crippen LogP contribution in [0.4, 0.5) is 4.79 Å². The number of hydrogen-bond acceptors (Lipinski definition) is 5. The number of hydrogen-bond donors (Lipinski definition) is 1. The van der Waals surface area contributed by atoms with Gasteiger partial charge in [-0.15, -0.1) is 0 Å². The zero-order chi connectivity index (χ0) is 22.4. The van der Waals surface area contributed by atoms with Crippen molar-refractivity contribution in [3.8, 4) is 11.5 Å². The fraction of sp³-hybridized carbons (Fsp3) is 0.381. The third kappa shape index (κ3) is 5.61. The van der Waals surface area contributed by atoms with Crippen LogP contribution < -0.4 is 14.8 Å². The fourth-order valence-corrected chi connectivity index (χ4v) is 5.18. The fourth-order valence-electron chi connectivity index (χ4n) is 3.37. The number of nitrogens with zero attached hydrogens (tertiary/aromatic N) is 2.